The molecular weight excluding hydrogens is 408 g/mol. The summed E-state index contributed by atoms with van der Waals surface area (Å²) in [5.41, 5.74) is -0.352. The molecule has 4 rings (SSSR count). The molecule has 1 aliphatic carbocycles. The molecule has 31 heavy (non-hydrogen) atoms. The van der Waals surface area contributed by atoms with E-state index in [2.05, 4.69) is 20.4 Å². The van der Waals surface area contributed by atoms with Crippen molar-refractivity contribution in [3.63, 3.8) is 0 Å². The molecule has 10 heteroatoms. The van der Waals surface area contributed by atoms with E-state index >= 15 is 0 Å². The number of amides is 1. The molecule has 1 amide bonds. The summed E-state index contributed by atoms with van der Waals surface area (Å²) in [4.78, 5) is 33.6. The van der Waals surface area contributed by atoms with Crippen LogP contribution in [0.15, 0.2) is 53.7 Å². The van der Waals surface area contributed by atoms with Crippen molar-refractivity contribution in [2.75, 3.05) is 0 Å². The van der Waals surface area contributed by atoms with Crippen LogP contribution in [0.3, 0.4) is 0 Å². The van der Waals surface area contributed by atoms with Gasteiger partial charge in [0.05, 0.1) is 29.7 Å². The van der Waals surface area contributed by atoms with Gasteiger partial charge in [-0.1, -0.05) is 0 Å². The first kappa shape index (κ1) is 20.7. The number of rotatable bonds is 5. The van der Waals surface area contributed by atoms with Crippen LogP contribution in [0.1, 0.15) is 41.7 Å². The van der Waals surface area contributed by atoms with Gasteiger partial charge in [-0.15, -0.1) is 0 Å². The highest BCUT2D eigenvalue weighted by Crippen LogP contribution is 2.22. The highest BCUT2D eigenvalue weighted by Gasteiger charge is 2.28. The molecule has 0 spiro atoms. The molecule has 0 radical (unpaired) electrons. The minimum Gasteiger partial charge on any atom is -0.391 e. The number of halogens is 2. The van der Waals surface area contributed by atoms with E-state index in [1.165, 1.54) is 30.7 Å². The first-order chi connectivity index (χ1) is 14.9. The molecule has 8 nitrogen and oxygen atoms in total. The van der Waals surface area contributed by atoms with Crippen molar-refractivity contribution in [1.29, 1.82) is 0 Å². The number of alkyl halides is 2. The lowest BCUT2D eigenvalue weighted by molar-refractivity contribution is 0.0871. The summed E-state index contributed by atoms with van der Waals surface area (Å²) in [5, 5.41) is 17.0. The Hall–Kier alpha value is -3.53. The normalized spacial score (nSPS) is 18.3. The summed E-state index contributed by atoms with van der Waals surface area (Å²) in [6.07, 6.45) is 2.73. The van der Waals surface area contributed by atoms with E-state index in [9.17, 15) is 23.5 Å². The van der Waals surface area contributed by atoms with Crippen molar-refractivity contribution in [2.24, 2.45) is 0 Å². The number of aromatic nitrogens is 4. The average molecular weight is 427 g/mol. The van der Waals surface area contributed by atoms with Crippen molar-refractivity contribution in [2.45, 2.75) is 37.8 Å². The van der Waals surface area contributed by atoms with Crippen molar-refractivity contribution in [3.05, 3.63) is 70.5 Å². The van der Waals surface area contributed by atoms with Crippen LogP contribution < -0.4 is 10.9 Å². The van der Waals surface area contributed by atoms with Crippen molar-refractivity contribution >= 4 is 5.91 Å². The summed E-state index contributed by atoms with van der Waals surface area (Å²) >= 11 is 0. The molecule has 0 aromatic carbocycles. The van der Waals surface area contributed by atoms with Gasteiger partial charge in [0.2, 0.25) is 0 Å². The maximum atomic E-state index is 13.0. The molecule has 1 saturated carbocycles. The van der Waals surface area contributed by atoms with E-state index in [0.29, 0.717) is 24.1 Å². The molecule has 3 aromatic heterocycles. The zero-order chi connectivity index (χ0) is 22.0. The molecule has 3 aromatic rings. The van der Waals surface area contributed by atoms with Gasteiger partial charge in [0.1, 0.15) is 11.3 Å². The fraction of sp³-hybridized carbons (Fsp3) is 0.286. The fourth-order valence-corrected chi connectivity index (χ4v) is 3.49. The van der Waals surface area contributed by atoms with Crippen LogP contribution in [-0.4, -0.2) is 42.9 Å². The van der Waals surface area contributed by atoms with Crippen LogP contribution in [0.4, 0.5) is 8.78 Å². The van der Waals surface area contributed by atoms with Gasteiger partial charge < -0.3 is 10.4 Å². The molecule has 0 saturated heterocycles. The highest BCUT2D eigenvalue weighted by atomic mass is 19.3. The van der Waals surface area contributed by atoms with E-state index in [1.807, 2.05) is 0 Å². The van der Waals surface area contributed by atoms with Crippen molar-refractivity contribution in [1.82, 2.24) is 25.1 Å². The van der Waals surface area contributed by atoms with Gasteiger partial charge in [-0.05, 0) is 49.6 Å². The van der Waals surface area contributed by atoms with Gasteiger partial charge >= 0.3 is 0 Å². The molecule has 2 atom stereocenters. The summed E-state index contributed by atoms with van der Waals surface area (Å²) in [6, 6.07) is 6.63. The van der Waals surface area contributed by atoms with Gasteiger partial charge in [0.25, 0.3) is 17.9 Å². The first-order valence-corrected chi connectivity index (χ1v) is 9.72. The van der Waals surface area contributed by atoms with Crippen LogP contribution in [0.2, 0.25) is 0 Å². The third kappa shape index (κ3) is 4.33. The molecule has 0 unspecified atom stereocenters. The van der Waals surface area contributed by atoms with Crippen molar-refractivity contribution in [3.8, 4) is 16.9 Å². The Bertz CT molecular complexity index is 1140. The number of carbonyl (C=O) groups is 1. The number of nitrogens with one attached hydrogen (secondary N) is 1. The number of carbonyl (C=O) groups excluding carboxylic acids is 1. The quantitative estimate of drug-likeness (QED) is 0.647. The number of hydrogen-bond donors (Lipinski definition) is 2. The molecule has 1 fully saturated rings. The minimum atomic E-state index is -2.72. The van der Waals surface area contributed by atoms with E-state index in [4.69, 9.17) is 0 Å². The average Bonchev–Trinajstić information content (AvgIpc) is 3.18. The predicted molar refractivity (Wildman–Crippen MR) is 107 cm³/mol. The summed E-state index contributed by atoms with van der Waals surface area (Å²) < 4.78 is 26.7. The molecular formula is C21H19F2N5O3. The lowest BCUT2D eigenvalue weighted by Gasteiger charge is -2.17. The van der Waals surface area contributed by atoms with Gasteiger partial charge in [-0.25, -0.2) is 8.78 Å². The molecule has 1 aliphatic rings. The summed E-state index contributed by atoms with van der Waals surface area (Å²) in [7, 11) is 0. The molecule has 3 heterocycles. The Morgan fingerprint density at radius 1 is 1.23 bits per heavy atom. The lowest BCUT2D eigenvalue weighted by atomic mass is 10.1. The third-order valence-electron chi connectivity index (χ3n) is 5.15. The molecule has 0 bridgehead atoms. The van der Waals surface area contributed by atoms with E-state index in [1.54, 1.807) is 12.1 Å². The first-order valence-electron chi connectivity index (χ1n) is 9.72. The summed E-state index contributed by atoms with van der Waals surface area (Å²) in [6.45, 7) is 0. The highest BCUT2D eigenvalue weighted by molar-refractivity contribution is 5.95. The fourth-order valence-electron chi connectivity index (χ4n) is 3.49. The maximum Gasteiger partial charge on any atom is 0.284 e. The molecule has 2 N–H and O–H groups in total. The molecule has 160 valence electrons. The van der Waals surface area contributed by atoms with E-state index < -0.39 is 35.7 Å². The monoisotopic (exact) mass is 427 g/mol. The Morgan fingerprint density at radius 2 is 2.06 bits per heavy atom. The zero-order valence-corrected chi connectivity index (χ0v) is 16.3. The third-order valence-corrected chi connectivity index (χ3v) is 5.15. The lowest BCUT2D eigenvalue weighted by Crippen LogP contribution is -2.42. The maximum absolute atomic E-state index is 13.0. The van der Waals surface area contributed by atoms with Crippen LogP contribution in [0, 0.1) is 0 Å². The SMILES string of the molecule is O=C(N[C@H]1CCC[C@@H]1O)c1cc(-c2ccc(C(F)F)nc2)nn(-c2cccnc2)c1=O. The second kappa shape index (κ2) is 8.68. The number of nitrogens with zero attached hydrogens (tertiary/aromatic N) is 4. The number of aliphatic hydroxyl groups excluding tert-OH is 1. The van der Waals surface area contributed by atoms with Crippen LogP contribution >= 0.6 is 0 Å². The van der Waals surface area contributed by atoms with Gasteiger partial charge in [-0.3, -0.25) is 19.6 Å². The Balaban J connectivity index is 1.79. The van der Waals surface area contributed by atoms with Crippen LogP contribution in [0.5, 0.6) is 0 Å². The smallest absolute Gasteiger partial charge is 0.284 e. The number of hydrogen-bond acceptors (Lipinski definition) is 6. The van der Waals surface area contributed by atoms with Gasteiger partial charge in [-0.2, -0.15) is 9.78 Å². The van der Waals surface area contributed by atoms with Crippen LogP contribution in [0.25, 0.3) is 16.9 Å². The topological polar surface area (TPSA) is 110 Å². The van der Waals surface area contributed by atoms with Gasteiger partial charge in [0, 0.05) is 18.0 Å². The molecule has 0 aliphatic heterocycles. The van der Waals surface area contributed by atoms with E-state index in [-0.39, 0.29) is 11.3 Å². The second-order valence-electron chi connectivity index (χ2n) is 7.22. The van der Waals surface area contributed by atoms with E-state index in [0.717, 1.165) is 17.2 Å². The predicted octanol–water partition coefficient (Wildman–Crippen LogP) is 2.27. The Labute approximate surface area is 175 Å². The Kier molecular flexibility index (Phi) is 5.81. The number of aliphatic hydroxyl groups is 1. The summed E-state index contributed by atoms with van der Waals surface area (Å²) in [5.74, 6) is -0.644. The Morgan fingerprint density at radius 3 is 2.68 bits per heavy atom. The largest absolute Gasteiger partial charge is 0.391 e. The van der Waals surface area contributed by atoms with Crippen molar-refractivity contribution < 1.29 is 18.7 Å². The van der Waals surface area contributed by atoms with Gasteiger partial charge in [0.15, 0.2) is 0 Å². The second-order valence-corrected chi connectivity index (χ2v) is 7.22. The van der Waals surface area contributed by atoms with Crippen LogP contribution in [-0.2, 0) is 0 Å². The minimum absolute atomic E-state index is 0.189. The standard InChI is InChI=1S/C21H19F2N5O3/c22-19(23)16-7-6-12(10-25-16)17-9-14(20(30)26-15-4-1-5-18(15)29)21(31)28(27-17)13-3-2-8-24-11-13/h2-3,6-11,15,18-19,29H,1,4-5H2,(H,26,30)/t15-,18-/m0/s1. The zero-order valence-electron chi connectivity index (χ0n) is 16.3. The number of pyridine rings is 2.